The van der Waals surface area contributed by atoms with Crippen molar-refractivity contribution < 1.29 is 0 Å². The predicted molar refractivity (Wildman–Crippen MR) is 78.2 cm³/mol. The summed E-state index contributed by atoms with van der Waals surface area (Å²) in [5.74, 6) is 0.944. The lowest BCUT2D eigenvalue weighted by Gasteiger charge is -2.47. The zero-order valence-electron chi connectivity index (χ0n) is 12.4. The van der Waals surface area contributed by atoms with E-state index in [2.05, 4.69) is 29.9 Å². The molecule has 0 atom stereocenters. The lowest BCUT2D eigenvalue weighted by atomic mass is 9.67. The highest BCUT2D eigenvalue weighted by atomic mass is 15.3. The average Bonchev–Trinajstić information content (AvgIpc) is 3.02. The minimum Gasteiger partial charge on any atom is -0.315 e. The first-order valence-electron chi connectivity index (χ1n) is 8.04. The molecule has 0 bridgehead atoms. The van der Waals surface area contributed by atoms with Gasteiger partial charge in [0, 0.05) is 30.7 Å². The van der Waals surface area contributed by atoms with Gasteiger partial charge in [-0.15, -0.1) is 0 Å². The first-order chi connectivity index (χ1) is 9.27. The highest BCUT2D eigenvalue weighted by Crippen LogP contribution is 2.44. The van der Waals surface area contributed by atoms with Gasteiger partial charge < -0.3 is 5.32 Å². The molecule has 2 heterocycles. The number of nitrogens with zero attached hydrogens (tertiary/aromatic N) is 2. The van der Waals surface area contributed by atoms with Crippen molar-refractivity contribution in [3.05, 3.63) is 17.5 Å². The van der Waals surface area contributed by atoms with Gasteiger partial charge in [-0.25, -0.2) is 0 Å². The van der Waals surface area contributed by atoms with Crippen LogP contribution >= 0.6 is 0 Å². The molecule has 3 nitrogen and oxygen atoms in total. The summed E-state index contributed by atoms with van der Waals surface area (Å²) in [7, 11) is 0. The molecular weight excluding hydrogens is 234 g/mol. The Kier molecular flexibility index (Phi) is 3.66. The van der Waals surface area contributed by atoms with Crippen molar-refractivity contribution in [1.29, 1.82) is 0 Å². The number of nitrogens with one attached hydrogen (secondary N) is 1. The summed E-state index contributed by atoms with van der Waals surface area (Å²) >= 11 is 0. The molecule has 0 unspecified atom stereocenters. The van der Waals surface area contributed by atoms with Crippen LogP contribution in [-0.2, 0) is 19.4 Å². The Morgan fingerprint density at radius 2 is 2.05 bits per heavy atom. The Balaban J connectivity index is 1.80. The number of rotatable bonds is 5. The summed E-state index contributed by atoms with van der Waals surface area (Å²) in [6.45, 7) is 7.84. The van der Waals surface area contributed by atoms with E-state index in [0.717, 1.165) is 18.9 Å². The smallest absolute Gasteiger partial charge is 0.0624 e. The molecule has 0 amide bonds. The highest BCUT2D eigenvalue weighted by molar-refractivity contribution is 5.15. The summed E-state index contributed by atoms with van der Waals surface area (Å²) in [4.78, 5) is 0. The largest absolute Gasteiger partial charge is 0.315 e. The zero-order chi connectivity index (χ0) is 13.3. The van der Waals surface area contributed by atoms with E-state index in [-0.39, 0.29) is 0 Å². The van der Waals surface area contributed by atoms with E-state index in [1.807, 2.05) is 0 Å². The Hall–Kier alpha value is -0.830. The minimum atomic E-state index is 0.536. The van der Waals surface area contributed by atoms with Crippen LogP contribution in [0.2, 0.25) is 0 Å². The van der Waals surface area contributed by atoms with Crippen LogP contribution in [0.25, 0.3) is 0 Å². The lowest BCUT2D eigenvalue weighted by molar-refractivity contribution is 0.0785. The molecule has 2 fully saturated rings. The third kappa shape index (κ3) is 2.33. The van der Waals surface area contributed by atoms with Gasteiger partial charge in [0.25, 0.3) is 0 Å². The van der Waals surface area contributed by atoms with Gasteiger partial charge in [-0.3, -0.25) is 4.68 Å². The first-order valence-corrected chi connectivity index (χ1v) is 8.04. The minimum absolute atomic E-state index is 0.536. The summed E-state index contributed by atoms with van der Waals surface area (Å²) < 4.78 is 2.23. The molecule has 3 heteroatoms. The van der Waals surface area contributed by atoms with Gasteiger partial charge in [-0.05, 0) is 44.6 Å². The number of hydrogen-bond donors (Lipinski definition) is 1. The summed E-state index contributed by atoms with van der Waals surface area (Å²) in [6.07, 6.45) is 8.06. The molecule has 19 heavy (non-hydrogen) atoms. The normalized spacial score (nSPS) is 22.6. The fourth-order valence-electron chi connectivity index (χ4n) is 4.01. The predicted octanol–water partition coefficient (Wildman–Crippen LogP) is 2.79. The summed E-state index contributed by atoms with van der Waals surface area (Å²) in [5.41, 5.74) is 3.26. The van der Waals surface area contributed by atoms with Crippen molar-refractivity contribution in [1.82, 2.24) is 15.1 Å². The van der Waals surface area contributed by atoms with Gasteiger partial charge in [-0.1, -0.05) is 19.8 Å². The van der Waals surface area contributed by atoms with Crippen LogP contribution in [0.3, 0.4) is 0 Å². The van der Waals surface area contributed by atoms with Crippen molar-refractivity contribution in [2.75, 3.05) is 13.1 Å². The SMILES string of the molecule is CCc1cc(CC2(C3CCCC3)CNC2)n(CC)n1. The number of aryl methyl sites for hydroxylation is 2. The molecule has 1 aliphatic heterocycles. The number of hydrogen-bond acceptors (Lipinski definition) is 2. The molecule has 1 aromatic heterocycles. The van der Waals surface area contributed by atoms with E-state index in [9.17, 15) is 0 Å². The monoisotopic (exact) mass is 261 g/mol. The quantitative estimate of drug-likeness (QED) is 0.883. The molecule has 0 aromatic carbocycles. The van der Waals surface area contributed by atoms with Crippen molar-refractivity contribution in [2.45, 2.75) is 58.9 Å². The van der Waals surface area contributed by atoms with Gasteiger partial charge in [0.1, 0.15) is 0 Å². The Labute approximate surface area is 116 Å². The Morgan fingerprint density at radius 1 is 1.32 bits per heavy atom. The topological polar surface area (TPSA) is 29.9 Å². The van der Waals surface area contributed by atoms with Crippen LogP contribution in [0, 0.1) is 11.3 Å². The maximum absolute atomic E-state index is 4.71. The molecule has 1 aliphatic carbocycles. The summed E-state index contributed by atoms with van der Waals surface area (Å²) in [6, 6.07) is 2.35. The maximum atomic E-state index is 4.71. The molecule has 1 saturated heterocycles. The standard InChI is InChI=1S/C16H27N3/c1-3-14-9-15(19(4-2)18-14)10-16(11-17-12-16)13-7-5-6-8-13/h9,13,17H,3-8,10-12H2,1-2H3. The van der Waals surface area contributed by atoms with Crippen molar-refractivity contribution >= 4 is 0 Å². The first kappa shape index (κ1) is 13.2. The van der Waals surface area contributed by atoms with Crippen LogP contribution in [0.15, 0.2) is 6.07 Å². The van der Waals surface area contributed by atoms with E-state index >= 15 is 0 Å². The third-order valence-corrected chi connectivity index (χ3v) is 5.28. The van der Waals surface area contributed by atoms with Gasteiger partial charge in [0.2, 0.25) is 0 Å². The van der Waals surface area contributed by atoms with Crippen molar-refractivity contribution in [2.24, 2.45) is 11.3 Å². The molecule has 1 N–H and O–H groups in total. The van der Waals surface area contributed by atoms with Crippen molar-refractivity contribution in [3.8, 4) is 0 Å². The van der Waals surface area contributed by atoms with E-state index in [0.29, 0.717) is 5.41 Å². The van der Waals surface area contributed by atoms with Gasteiger partial charge in [0.15, 0.2) is 0 Å². The molecule has 0 spiro atoms. The molecule has 2 aliphatic rings. The van der Waals surface area contributed by atoms with Gasteiger partial charge in [0.05, 0.1) is 5.69 Å². The van der Waals surface area contributed by atoms with Gasteiger partial charge in [-0.2, -0.15) is 5.10 Å². The average molecular weight is 261 g/mol. The van der Waals surface area contributed by atoms with Gasteiger partial charge >= 0.3 is 0 Å². The number of aromatic nitrogens is 2. The second-order valence-corrected chi connectivity index (χ2v) is 6.42. The molecule has 1 saturated carbocycles. The van der Waals surface area contributed by atoms with E-state index in [1.165, 1.54) is 56.6 Å². The summed E-state index contributed by atoms with van der Waals surface area (Å²) in [5, 5.41) is 8.24. The van der Waals surface area contributed by atoms with Crippen molar-refractivity contribution in [3.63, 3.8) is 0 Å². The molecule has 1 aromatic rings. The molecule has 0 radical (unpaired) electrons. The maximum Gasteiger partial charge on any atom is 0.0624 e. The van der Waals surface area contributed by atoms with E-state index < -0.39 is 0 Å². The molecule has 106 valence electrons. The van der Waals surface area contributed by atoms with Crippen LogP contribution in [0.5, 0.6) is 0 Å². The Morgan fingerprint density at radius 3 is 2.58 bits per heavy atom. The van der Waals surface area contributed by atoms with Crippen LogP contribution in [0.1, 0.15) is 50.9 Å². The third-order valence-electron chi connectivity index (χ3n) is 5.28. The second kappa shape index (κ2) is 5.28. The highest BCUT2D eigenvalue weighted by Gasteiger charge is 2.45. The van der Waals surface area contributed by atoms with Crippen LogP contribution in [0.4, 0.5) is 0 Å². The van der Waals surface area contributed by atoms with E-state index in [4.69, 9.17) is 5.10 Å². The molecule has 3 rings (SSSR count). The zero-order valence-corrected chi connectivity index (χ0v) is 12.4. The second-order valence-electron chi connectivity index (χ2n) is 6.42. The Bertz CT molecular complexity index is 425. The van der Waals surface area contributed by atoms with Crippen LogP contribution in [-0.4, -0.2) is 22.9 Å². The molecular formula is C16H27N3. The lowest BCUT2D eigenvalue weighted by Crippen LogP contribution is -2.58. The van der Waals surface area contributed by atoms with E-state index in [1.54, 1.807) is 0 Å². The van der Waals surface area contributed by atoms with Crippen LogP contribution < -0.4 is 5.32 Å². The fraction of sp³-hybridized carbons (Fsp3) is 0.812. The fourth-order valence-corrected chi connectivity index (χ4v) is 4.01.